The van der Waals surface area contributed by atoms with Gasteiger partial charge in [0.2, 0.25) is 5.91 Å². The van der Waals surface area contributed by atoms with E-state index in [0.29, 0.717) is 18.1 Å². The van der Waals surface area contributed by atoms with E-state index in [9.17, 15) is 9.59 Å². The van der Waals surface area contributed by atoms with Crippen LogP contribution in [-0.2, 0) is 17.6 Å². The summed E-state index contributed by atoms with van der Waals surface area (Å²) in [6.07, 6.45) is 3.06. The summed E-state index contributed by atoms with van der Waals surface area (Å²) in [6, 6.07) is 11.2. The lowest BCUT2D eigenvalue weighted by Gasteiger charge is -2.13. The van der Waals surface area contributed by atoms with Crippen LogP contribution in [0, 0.1) is 5.92 Å². The van der Waals surface area contributed by atoms with E-state index in [2.05, 4.69) is 31.3 Å². The first-order valence-corrected chi connectivity index (χ1v) is 8.38. The molecule has 0 aliphatic rings. The number of furan rings is 1. The zero-order chi connectivity index (χ0) is 17.5. The van der Waals surface area contributed by atoms with Gasteiger partial charge in [-0.2, -0.15) is 0 Å². The molecular weight excluding hydrogens is 302 g/mol. The topological polar surface area (TPSA) is 59.3 Å². The molecule has 0 saturated carbocycles. The lowest BCUT2D eigenvalue weighted by molar-refractivity contribution is -0.121. The normalized spacial score (nSPS) is 12.2. The maximum absolute atomic E-state index is 12.1. The van der Waals surface area contributed by atoms with Crippen molar-refractivity contribution < 1.29 is 14.0 Å². The van der Waals surface area contributed by atoms with Crippen LogP contribution >= 0.6 is 0 Å². The van der Waals surface area contributed by atoms with Crippen molar-refractivity contribution in [2.24, 2.45) is 5.92 Å². The largest absolute Gasteiger partial charge is 0.461 e. The van der Waals surface area contributed by atoms with E-state index >= 15 is 0 Å². The van der Waals surface area contributed by atoms with E-state index < -0.39 is 0 Å². The van der Waals surface area contributed by atoms with Crippen molar-refractivity contribution in [2.75, 3.05) is 0 Å². The maximum Gasteiger partial charge on any atom is 0.224 e. The van der Waals surface area contributed by atoms with Gasteiger partial charge in [-0.05, 0) is 42.5 Å². The first-order chi connectivity index (χ1) is 11.4. The van der Waals surface area contributed by atoms with E-state index in [1.807, 2.05) is 19.1 Å². The van der Waals surface area contributed by atoms with Gasteiger partial charge in [0.1, 0.15) is 0 Å². The molecule has 0 saturated heterocycles. The molecule has 1 aromatic heterocycles. The number of rotatable bonds is 8. The van der Waals surface area contributed by atoms with E-state index in [0.717, 1.165) is 12.0 Å². The highest BCUT2D eigenvalue weighted by molar-refractivity contribution is 5.94. The van der Waals surface area contributed by atoms with Gasteiger partial charge in [-0.3, -0.25) is 9.59 Å². The van der Waals surface area contributed by atoms with E-state index in [-0.39, 0.29) is 24.2 Å². The Morgan fingerprint density at radius 2 is 1.71 bits per heavy atom. The van der Waals surface area contributed by atoms with Crippen LogP contribution in [-0.4, -0.2) is 17.7 Å². The molecular formula is C20H25NO3. The summed E-state index contributed by atoms with van der Waals surface area (Å²) in [5.74, 6) is 0.765. The average molecular weight is 327 g/mol. The quantitative estimate of drug-likeness (QED) is 0.750. The summed E-state index contributed by atoms with van der Waals surface area (Å²) in [6.45, 7) is 6.20. The van der Waals surface area contributed by atoms with Crippen LogP contribution in [0.1, 0.15) is 48.9 Å². The Bertz CT molecular complexity index is 657. The predicted molar refractivity (Wildman–Crippen MR) is 93.9 cm³/mol. The molecule has 1 amide bonds. The Balaban J connectivity index is 1.80. The minimum atomic E-state index is -0.227. The Kier molecular flexibility index (Phi) is 6.36. The minimum Gasteiger partial charge on any atom is -0.461 e. The SMILES string of the molecule is CC(C)Cc1ccc(CC(=O)N[C@@H](C)CC(=O)c2ccco2)cc1. The number of Topliss-reactive ketones (excluding diaryl/α,β-unsaturated/α-hetero) is 1. The lowest BCUT2D eigenvalue weighted by Crippen LogP contribution is -2.35. The fourth-order valence-corrected chi connectivity index (χ4v) is 2.64. The van der Waals surface area contributed by atoms with Crippen LogP contribution in [0.15, 0.2) is 47.1 Å². The molecule has 1 N–H and O–H groups in total. The highest BCUT2D eigenvalue weighted by Gasteiger charge is 2.15. The van der Waals surface area contributed by atoms with E-state index in [1.165, 1.54) is 11.8 Å². The molecule has 2 aromatic rings. The third-order valence-electron chi connectivity index (χ3n) is 3.73. The van der Waals surface area contributed by atoms with Gasteiger partial charge in [0.05, 0.1) is 12.7 Å². The smallest absolute Gasteiger partial charge is 0.224 e. The lowest BCUT2D eigenvalue weighted by atomic mass is 10.0. The second kappa shape index (κ2) is 8.48. The summed E-state index contributed by atoms with van der Waals surface area (Å²) in [5.41, 5.74) is 2.26. The Morgan fingerprint density at radius 1 is 1.04 bits per heavy atom. The van der Waals surface area contributed by atoms with Crippen LogP contribution in [0.5, 0.6) is 0 Å². The van der Waals surface area contributed by atoms with Gasteiger partial charge in [0.15, 0.2) is 11.5 Å². The van der Waals surface area contributed by atoms with Crippen LogP contribution in [0.3, 0.4) is 0 Å². The standard InChI is InChI=1S/C20H25NO3/c1-14(2)11-16-6-8-17(9-7-16)13-20(23)21-15(3)12-18(22)19-5-4-10-24-19/h4-10,14-15H,11-13H2,1-3H3,(H,21,23)/t15-/m0/s1. The predicted octanol–water partition coefficient (Wildman–Crippen LogP) is 3.80. The van der Waals surface area contributed by atoms with Gasteiger partial charge in [-0.25, -0.2) is 0 Å². The number of ketones is 1. The molecule has 0 aliphatic carbocycles. The molecule has 4 nitrogen and oxygen atoms in total. The molecule has 24 heavy (non-hydrogen) atoms. The Hall–Kier alpha value is -2.36. The van der Waals surface area contributed by atoms with Crippen LogP contribution in [0.2, 0.25) is 0 Å². The van der Waals surface area contributed by atoms with Gasteiger partial charge in [-0.1, -0.05) is 38.1 Å². The number of nitrogens with one attached hydrogen (secondary N) is 1. The summed E-state index contributed by atoms with van der Waals surface area (Å²) in [7, 11) is 0. The number of amides is 1. The fourth-order valence-electron chi connectivity index (χ4n) is 2.64. The second-order valence-electron chi connectivity index (χ2n) is 6.66. The van der Waals surface area contributed by atoms with Gasteiger partial charge < -0.3 is 9.73 Å². The third kappa shape index (κ3) is 5.69. The van der Waals surface area contributed by atoms with Gasteiger partial charge >= 0.3 is 0 Å². The van der Waals surface area contributed by atoms with Crippen molar-refractivity contribution in [3.8, 4) is 0 Å². The van der Waals surface area contributed by atoms with Crippen LogP contribution in [0.25, 0.3) is 0 Å². The monoisotopic (exact) mass is 327 g/mol. The fraction of sp³-hybridized carbons (Fsp3) is 0.400. The zero-order valence-corrected chi connectivity index (χ0v) is 14.5. The van der Waals surface area contributed by atoms with E-state index in [4.69, 9.17) is 4.42 Å². The Labute approximate surface area is 143 Å². The summed E-state index contributed by atoms with van der Waals surface area (Å²) in [4.78, 5) is 24.0. The van der Waals surface area contributed by atoms with Crippen molar-refractivity contribution >= 4 is 11.7 Å². The molecule has 128 valence electrons. The number of hydrogen-bond donors (Lipinski definition) is 1. The van der Waals surface area contributed by atoms with Crippen molar-refractivity contribution in [3.63, 3.8) is 0 Å². The molecule has 0 fully saturated rings. The molecule has 0 radical (unpaired) electrons. The zero-order valence-electron chi connectivity index (χ0n) is 14.5. The minimum absolute atomic E-state index is 0.0774. The van der Waals surface area contributed by atoms with E-state index in [1.54, 1.807) is 12.1 Å². The van der Waals surface area contributed by atoms with Gasteiger partial charge in [0, 0.05) is 12.5 Å². The average Bonchev–Trinajstić information content (AvgIpc) is 3.02. The molecule has 1 aromatic carbocycles. The number of hydrogen-bond acceptors (Lipinski definition) is 3. The molecule has 2 rings (SSSR count). The molecule has 0 bridgehead atoms. The van der Waals surface area contributed by atoms with Crippen molar-refractivity contribution in [2.45, 2.75) is 46.1 Å². The molecule has 1 atom stereocenters. The molecule has 4 heteroatoms. The van der Waals surface area contributed by atoms with Gasteiger partial charge in [0.25, 0.3) is 0 Å². The Morgan fingerprint density at radius 3 is 2.29 bits per heavy atom. The first kappa shape index (κ1) is 18.0. The summed E-state index contributed by atoms with van der Waals surface area (Å²) >= 11 is 0. The molecule has 0 spiro atoms. The summed E-state index contributed by atoms with van der Waals surface area (Å²) in [5, 5.41) is 2.87. The number of carbonyl (C=O) groups excluding carboxylic acids is 2. The molecule has 0 aliphatic heterocycles. The van der Waals surface area contributed by atoms with Crippen LogP contribution < -0.4 is 5.32 Å². The summed E-state index contributed by atoms with van der Waals surface area (Å²) < 4.78 is 5.07. The van der Waals surface area contributed by atoms with Gasteiger partial charge in [-0.15, -0.1) is 0 Å². The van der Waals surface area contributed by atoms with Crippen molar-refractivity contribution in [1.29, 1.82) is 0 Å². The molecule has 0 unspecified atom stereocenters. The number of carbonyl (C=O) groups is 2. The highest BCUT2D eigenvalue weighted by Crippen LogP contribution is 2.11. The maximum atomic E-state index is 12.1. The third-order valence-corrected chi connectivity index (χ3v) is 3.73. The highest BCUT2D eigenvalue weighted by atomic mass is 16.3. The number of benzene rings is 1. The molecule has 1 heterocycles. The second-order valence-corrected chi connectivity index (χ2v) is 6.66. The first-order valence-electron chi connectivity index (χ1n) is 8.38. The van der Waals surface area contributed by atoms with Crippen molar-refractivity contribution in [1.82, 2.24) is 5.32 Å². The van der Waals surface area contributed by atoms with Crippen molar-refractivity contribution in [3.05, 3.63) is 59.5 Å². The van der Waals surface area contributed by atoms with Crippen LogP contribution in [0.4, 0.5) is 0 Å².